The van der Waals surface area contributed by atoms with Crippen LogP contribution in [0.1, 0.15) is 6.92 Å². The second-order valence-corrected chi connectivity index (χ2v) is 7.99. The normalized spacial score (nSPS) is 25.4. The lowest BCUT2D eigenvalue weighted by Crippen LogP contribution is -2.70. The molecule has 0 aliphatic carbocycles. The van der Waals surface area contributed by atoms with Crippen LogP contribution in [-0.4, -0.2) is 50.2 Å². The first-order chi connectivity index (χ1) is 11.5. The van der Waals surface area contributed by atoms with Crippen molar-refractivity contribution in [3.05, 3.63) is 42.1 Å². The Kier molecular flexibility index (Phi) is 4.86. The zero-order valence-electron chi connectivity index (χ0n) is 12.8. The van der Waals surface area contributed by atoms with Crippen molar-refractivity contribution in [3.63, 3.8) is 0 Å². The van der Waals surface area contributed by atoms with Gasteiger partial charge in [-0.3, -0.25) is 14.5 Å². The molecule has 6 nitrogen and oxygen atoms in total. The number of hydrogen-bond donors (Lipinski definition) is 2. The number of carbonyl (C=O) groups is 3. The van der Waals surface area contributed by atoms with Crippen LogP contribution in [-0.2, 0) is 14.4 Å². The first kappa shape index (κ1) is 16.9. The van der Waals surface area contributed by atoms with E-state index in [1.165, 1.54) is 28.4 Å². The minimum Gasteiger partial charge on any atom is -0.477 e. The predicted octanol–water partition coefficient (Wildman–Crippen LogP) is 1.54. The zero-order valence-corrected chi connectivity index (χ0v) is 14.5. The Balaban J connectivity index is 1.59. The summed E-state index contributed by atoms with van der Waals surface area (Å²) in [5, 5.41) is 11.6. The van der Waals surface area contributed by atoms with Gasteiger partial charge in [0.2, 0.25) is 5.91 Å². The Hall–Kier alpha value is -1.93. The van der Waals surface area contributed by atoms with Crippen molar-refractivity contribution >= 4 is 41.3 Å². The van der Waals surface area contributed by atoms with Gasteiger partial charge >= 0.3 is 5.97 Å². The third-order valence-corrected chi connectivity index (χ3v) is 6.04. The van der Waals surface area contributed by atoms with Gasteiger partial charge in [0.25, 0.3) is 5.91 Å². The maximum absolute atomic E-state index is 12.2. The number of carbonyl (C=O) groups excluding carboxylic acids is 2. The van der Waals surface area contributed by atoms with Gasteiger partial charge in [0.1, 0.15) is 17.1 Å². The van der Waals surface area contributed by atoms with Crippen molar-refractivity contribution in [3.8, 4) is 0 Å². The molecule has 0 spiro atoms. The van der Waals surface area contributed by atoms with Crippen LogP contribution in [0.4, 0.5) is 0 Å². The summed E-state index contributed by atoms with van der Waals surface area (Å²) in [6.45, 7) is 1.87. The number of carboxylic acid groups (broad SMARTS) is 1. The number of benzene rings is 1. The highest BCUT2D eigenvalue weighted by molar-refractivity contribution is 8.00. The molecule has 0 radical (unpaired) electrons. The van der Waals surface area contributed by atoms with Crippen LogP contribution in [0, 0.1) is 0 Å². The fraction of sp³-hybridized carbons (Fsp3) is 0.312. The molecule has 8 heteroatoms. The van der Waals surface area contributed by atoms with Gasteiger partial charge in [-0.2, -0.15) is 0 Å². The van der Waals surface area contributed by atoms with E-state index in [2.05, 4.69) is 5.32 Å². The lowest BCUT2D eigenvalue weighted by molar-refractivity contribution is -0.150. The van der Waals surface area contributed by atoms with E-state index in [1.807, 2.05) is 37.3 Å². The molecule has 24 heavy (non-hydrogen) atoms. The van der Waals surface area contributed by atoms with Gasteiger partial charge in [0.05, 0.1) is 5.75 Å². The molecule has 1 fully saturated rings. The van der Waals surface area contributed by atoms with Crippen molar-refractivity contribution in [1.29, 1.82) is 0 Å². The fourth-order valence-electron chi connectivity index (χ4n) is 2.61. The highest BCUT2D eigenvalue weighted by atomic mass is 32.2. The molecular weight excluding hydrogens is 348 g/mol. The second kappa shape index (κ2) is 6.90. The molecule has 3 rings (SSSR count). The smallest absolute Gasteiger partial charge is 0.352 e. The first-order valence-corrected chi connectivity index (χ1v) is 9.31. The number of amides is 2. The van der Waals surface area contributed by atoms with Crippen molar-refractivity contribution in [1.82, 2.24) is 10.2 Å². The largest absolute Gasteiger partial charge is 0.477 e. The summed E-state index contributed by atoms with van der Waals surface area (Å²) in [4.78, 5) is 37.8. The maximum Gasteiger partial charge on any atom is 0.352 e. The van der Waals surface area contributed by atoms with Crippen LogP contribution in [0.2, 0.25) is 0 Å². The van der Waals surface area contributed by atoms with E-state index in [-0.39, 0.29) is 33.9 Å². The van der Waals surface area contributed by atoms with E-state index in [1.54, 1.807) is 6.08 Å². The van der Waals surface area contributed by atoms with E-state index in [0.717, 1.165) is 4.90 Å². The second-order valence-electron chi connectivity index (χ2n) is 5.44. The molecule has 1 aromatic carbocycles. The van der Waals surface area contributed by atoms with Crippen molar-refractivity contribution in [2.45, 2.75) is 28.5 Å². The van der Waals surface area contributed by atoms with Crippen molar-refractivity contribution in [2.75, 3.05) is 5.75 Å². The molecule has 2 aliphatic heterocycles. The van der Waals surface area contributed by atoms with Gasteiger partial charge in [-0.05, 0) is 25.1 Å². The van der Waals surface area contributed by atoms with E-state index >= 15 is 0 Å². The summed E-state index contributed by atoms with van der Waals surface area (Å²) in [6, 6.07) is 8.86. The molecule has 2 heterocycles. The standard InChI is InChI=1S/C16H16N2O4S2/c1-9-7-11(16(21)22)18-14(20)13(15(18)24-9)17-12(19)8-23-10-5-3-2-4-6-10/h2-7,9,13,15H,8H2,1H3,(H,17,19)(H,21,22). The Labute approximate surface area is 147 Å². The first-order valence-electron chi connectivity index (χ1n) is 7.38. The molecule has 3 atom stereocenters. The number of carboxylic acids is 1. The molecular formula is C16H16N2O4S2. The number of hydrogen-bond acceptors (Lipinski definition) is 5. The van der Waals surface area contributed by atoms with Crippen LogP contribution in [0.3, 0.4) is 0 Å². The van der Waals surface area contributed by atoms with Gasteiger partial charge in [-0.1, -0.05) is 18.2 Å². The molecule has 2 N–H and O–H groups in total. The maximum atomic E-state index is 12.2. The minimum absolute atomic E-state index is 0.000379. The van der Waals surface area contributed by atoms with Gasteiger partial charge < -0.3 is 10.4 Å². The Morgan fingerprint density at radius 2 is 2.04 bits per heavy atom. The average molecular weight is 364 g/mol. The molecule has 0 saturated carbocycles. The van der Waals surface area contributed by atoms with Gasteiger partial charge in [0, 0.05) is 10.1 Å². The minimum atomic E-state index is -1.12. The molecule has 0 aromatic heterocycles. The highest BCUT2D eigenvalue weighted by Crippen LogP contribution is 2.40. The van der Waals surface area contributed by atoms with Crippen molar-refractivity contribution < 1.29 is 19.5 Å². The van der Waals surface area contributed by atoms with E-state index in [4.69, 9.17) is 0 Å². The van der Waals surface area contributed by atoms with Gasteiger partial charge in [0.15, 0.2) is 0 Å². The Bertz CT molecular complexity index is 707. The molecule has 1 saturated heterocycles. The SMILES string of the molecule is CC1C=C(C(=O)O)N2C(=O)C(NC(=O)CSc3ccccc3)C2S1. The fourth-order valence-corrected chi connectivity index (χ4v) is 4.67. The monoisotopic (exact) mass is 364 g/mol. The number of aliphatic carboxylic acids is 1. The van der Waals surface area contributed by atoms with Crippen LogP contribution in [0.5, 0.6) is 0 Å². The Morgan fingerprint density at radius 3 is 2.71 bits per heavy atom. The number of thioether (sulfide) groups is 2. The number of nitrogens with zero attached hydrogens (tertiary/aromatic N) is 1. The van der Waals surface area contributed by atoms with E-state index in [0.29, 0.717) is 0 Å². The van der Waals surface area contributed by atoms with Crippen molar-refractivity contribution in [2.24, 2.45) is 0 Å². The molecule has 1 aromatic rings. The summed E-state index contributed by atoms with van der Waals surface area (Å²) in [6.07, 6.45) is 1.56. The molecule has 126 valence electrons. The number of fused-ring (bicyclic) bond motifs is 1. The van der Waals surface area contributed by atoms with Gasteiger partial charge in [-0.25, -0.2) is 4.79 Å². The van der Waals surface area contributed by atoms with E-state index in [9.17, 15) is 19.5 Å². The summed E-state index contributed by atoms with van der Waals surface area (Å²) in [5.41, 5.74) is 0.000379. The summed E-state index contributed by atoms with van der Waals surface area (Å²) >= 11 is 2.86. The van der Waals surface area contributed by atoms with Gasteiger partial charge in [-0.15, -0.1) is 23.5 Å². The summed E-state index contributed by atoms with van der Waals surface area (Å²) < 4.78 is 0. The average Bonchev–Trinajstić information content (AvgIpc) is 2.57. The summed E-state index contributed by atoms with van der Waals surface area (Å²) in [5.74, 6) is -1.51. The third kappa shape index (κ3) is 3.29. The van der Waals surface area contributed by atoms with Crippen LogP contribution < -0.4 is 5.32 Å². The lowest BCUT2D eigenvalue weighted by atomic mass is 10.0. The Morgan fingerprint density at radius 1 is 1.33 bits per heavy atom. The lowest BCUT2D eigenvalue weighted by Gasteiger charge is -2.49. The number of rotatable bonds is 5. The van der Waals surface area contributed by atoms with Crippen LogP contribution in [0.25, 0.3) is 0 Å². The number of β-lactam (4-membered cyclic amide) rings is 1. The molecule has 2 aliphatic rings. The number of nitrogens with one attached hydrogen (secondary N) is 1. The van der Waals surface area contributed by atoms with Crippen LogP contribution >= 0.6 is 23.5 Å². The highest BCUT2D eigenvalue weighted by Gasteiger charge is 2.53. The predicted molar refractivity (Wildman–Crippen MR) is 92.5 cm³/mol. The topological polar surface area (TPSA) is 86.7 Å². The van der Waals surface area contributed by atoms with Crippen LogP contribution in [0.15, 0.2) is 47.0 Å². The molecule has 2 amide bonds. The third-order valence-electron chi connectivity index (χ3n) is 3.70. The molecule has 0 bridgehead atoms. The molecule has 3 unspecified atom stereocenters. The zero-order chi connectivity index (χ0) is 17.3. The quantitative estimate of drug-likeness (QED) is 0.609. The van der Waals surface area contributed by atoms with E-state index < -0.39 is 12.0 Å². The summed E-state index contributed by atoms with van der Waals surface area (Å²) in [7, 11) is 0.